The summed E-state index contributed by atoms with van der Waals surface area (Å²) in [5.74, 6) is 0.790. The molecule has 3 nitrogen and oxygen atoms in total. The van der Waals surface area contributed by atoms with Crippen molar-refractivity contribution in [3.05, 3.63) is 0 Å². The lowest BCUT2D eigenvalue weighted by atomic mass is 9.96. The van der Waals surface area contributed by atoms with E-state index < -0.39 is 0 Å². The first-order chi connectivity index (χ1) is 7.71. The summed E-state index contributed by atoms with van der Waals surface area (Å²) >= 11 is 0. The van der Waals surface area contributed by atoms with Crippen LogP contribution in [0.1, 0.15) is 39.5 Å². The van der Waals surface area contributed by atoms with Crippen molar-refractivity contribution in [2.24, 2.45) is 11.7 Å². The Labute approximate surface area is 100 Å². The molecule has 1 fully saturated rings. The highest BCUT2D eigenvalue weighted by molar-refractivity contribution is 4.83. The number of nitrogens with two attached hydrogens (primary N) is 1. The number of ether oxygens (including phenoxy) is 1. The van der Waals surface area contributed by atoms with Gasteiger partial charge < -0.3 is 10.5 Å². The number of nitrogens with zero attached hydrogens (tertiary/aromatic N) is 1. The summed E-state index contributed by atoms with van der Waals surface area (Å²) in [7, 11) is 1.81. The second-order valence-corrected chi connectivity index (χ2v) is 5.16. The summed E-state index contributed by atoms with van der Waals surface area (Å²) in [5.41, 5.74) is 5.86. The number of methoxy groups -OCH3 is 1. The number of hydrogen-bond acceptors (Lipinski definition) is 3. The molecule has 0 aliphatic carbocycles. The summed E-state index contributed by atoms with van der Waals surface area (Å²) in [5, 5.41) is 0. The van der Waals surface area contributed by atoms with Gasteiger partial charge in [-0.15, -0.1) is 0 Å². The lowest BCUT2D eigenvalue weighted by molar-refractivity contribution is 0.00817. The summed E-state index contributed by atoms with van der Waals surface area (Å²) in [4.78, 5) is 2.57. The van der Waals surface area contributed by atoms with Crippen molar-refractivity contribution >= 4 is 0 Å². The highest BCUT2D eigenvalue weighted by atomic mass is 16.5. The largest absolute Gasteiger partial charge is 0.381 e. The molecule has 96 valence electrons. The Balaban J connectivity index is 2.40. The molecule has 3 atom stereocenters. The van der Waals surface area contributed by atoms with E-state index in [-0.39, 0.29) is 0 Å². The molecule has 0 spiro atoms. The van der Waals surface area contributed by atoms with Gasteiger partial charge in [-0.1, -0.05) is 20.3 Å². The van der Waals surface area contributed by atoms with Gasteiger partial charge >= 0.3 is 0 Å². The van der Waals surface area contributed by atoms with Gasteiger partial charge in [0.05, 0.1) is 6.10 Å². The molecule has 0 saturated carbocycles. The molecule has 16 heavy (non-hydrogen) atoms. The summed E-state index contributed by atoms with van der Waals surface area (Å²) < 4.78 is 5.44. The second kappa shape index (κ2) is 7.25. The van der Waals surface area contributed by atoms with Crippen LogP contribution in [0.2, 0.25) is 0 Å². The van der Waals surface area contributed by atoms with E-state index in [1.54, 1.807) is 0 Å². The van der Waals surface area contributed by atoms with Crippen molar-refractivity contribution in [2.45, 2.75) is 51.7 Å². The van der Waals surface area contributed by atoms with Crippen LogP contribution in [0.3, 0.4) is 0 Å². The van der Waals surface area contributed by atoms with Crippen molar-refractivity contribution < 1.29 is 4.74 Å². The quantitative estimate of drug-likeness (QED) is 0.754. The molecular weight excluding hydrogens is 200 g/mol. The van der Waals surface area contributed by atoms with Crippen LogP contribution in [-0.4, -0.2) is 43.8 Å². The Hall–Kier alpha value is -0.120. The van der Waals surface area contributed by atoms with E-state index in [0.717, 1.165) is 31.8 Å². The SMILES string of the molecule is CCCC(C)CN1CCC(OC)CC1CN. The lowest BCUT2D eigenvalue weighted by Crippen LogP contribution is -2.49. The highest BCUT2D eigenvalue weighted by Crippen LogP contribution is 2.21. The molecule has 1 heterocycles. The van der Waals surface area contributed by atoms with E-state index in [9.17, 15) is 0 Å². The van der Waals surface area contributed by atoms with Crippen molar-refractivity contribution in [2.75, 3.05) is 26.7 Å². The molecule has 1 aliphatic heterocycles. The van der Waals surface area contributed by atoms with Gasteiger partial charge in [-0.2, -0.15) is 0 Å². The van der Waals surface area contributed by atoms with Crippen LogP contribution in [-0.2, 0) is 4.74 Å². The fourth-order valence-corrected chi connectivity index (χ4v) is 2.75. The monoisotopic (exact) mass is 228 g/mol. The number of likely N-dealkylation sites (tertiary alicyclic amines) is 1. The lowest BCUT2D eigenvalue weighted by Gasteiger charge is -2.39. The molecule has 1 saturated heterocycles. The molecule has 0 radical (unpaired) electrons. The van der Waals surface area contributed by atoms with E-state index in [1.165, 1.54) is 19.4 Å². The summed E-state index contributed by atoms with van der Waals surface area (Å²) in [6, 6.07) is 0.526. The molecular formula is C13H28N2O. The maximum Gasteiger partial charge on any atom is 0.0599 e. The Bertz CT molecular complexity index is 187. The normalized spacial score (nSPS) is 29.2. The molecule has 0 aromatic carbocycles. The third-order valence-corrected chi connectivity index (χ3v) is 3.72. The van der Waals surface area contributed by atoms with E-state index in [1.807, 2.05) is 7.11 Å². The zero-order valence-corrected chi connectivity index (χ0v) is 11.1. The molecule has 1 aliphatic rings. The highest BCUT2D eigenvalue weighted by Gasteiger charge is 2.27. The maximum atomic E-state index is 5.86. The van der Waals surface area contributed by atoms with Crippen LogP contribution in [0.5, 0.6) is 0 Å². The van der Waals surface area contributed by atoms with Gasteiger partial charge in [-0.3, -0.25) is 4.90 Å². The van der Waals surface area contributed by atoms with E-state index in [2.05, 4.69) is 18.7 Å². The van der Waals surface area contributed by atoms with Crippen molar-refractivity contribution in [3.8, 4) is 0 Å². The summed E-state index contributed by atoms with van der Waals surface area (Å²) in [6.45, 7) is 7.72. The fourth-order valence-electron chi connectivity index (χ4n) is 2.75. The van der Waals surface area contributed by atoms with E-state index >= 15 is 0 Å². The van der Waals surface area contributed by atoms with Crippen LogP contribution in [0, 0.1) is 5.92 Å². The molecule has 3 heteroatoms. The first-order valence-electron chi connectivity index (χ1n) is 6.68. The molecule has 0 aromatic heterocycles. The topological polar surface area (TPSA) is 38.5 Å². The van der Waals surface area contributed by atoms with Crippen LogP contribution in [0.15, 0.2) is 0 Å². The molecule has 0 amide bonds. The maximum absolute atomic E-state index is 5.86. The fraction of sp³-hybridized carbons (Fsp3) is 1.00. The molecule has 0 bridgehead atoms. The standard InChI is InChI=1S/C13H28N2O/c1-4-5-11(2)10-15-7-6-13(16-3)8-12(15)9-14/h11-13H,4-10,14H2,1-3H3. The average Bonchev–Trinajstić information content (AvgIpc) is 2.30. The van der Waals surface area contributed by atoms with Gasteiger partial charge in [0.2, 0.25) is 0 Å². The first kappa shape index (κ1) is 13.9. The number of rotatable bonds is 6. The minimum absolute atomic E-state index is 0.422. The molecule has 1 rings (SSSR count). The van der Waals surface area contributed by atoms with Crippen LogP contribution in [0.25, 0.3) is 0 Å². The van der Waals surface area contributed by atoms with Gasteiger partial charge in [0.25, 0.3) is 0 Å². The van der Waals surface area contributed by atoms with Gasteiger partial charge in [0.1, 0.15) is 0 Å². The predicted octanol–water partition coefficient (Wildman–Crippen LogP) is 1.86. The van der Waals surface area contributed by atoms with E-state index in [0.29, 0.717) is 12.1 Å². The van der Waals surface area contributed by atoms with Gasteiger partial charge in [0, 0.05) is 32.8 Å². The number of hydrogen-bond donors (Lipinski definition) is 1. The number of piperidine rings is 1. The molecule has 0 aromatic rings. The minimum atomic E-state index is 0.422. The van der Waals surface area contributed by atoms with Gasteiger partial charge in [-0.05, 0) is 25.2 Å². The van der Waals surface area contributed by atoms with E-state index in [4.69, 9.17) is 10.5 Å². The predicted molar refractivity (Wildman–Crippen MR) is 68.5 cm³/mol. The van der Waals surface area contributed by atoms with Gasteiger partial charge in [0.15, 0.2) is 0 Å². The third-order valence-electron chi connectivity index (χ3n) is 3.72. The van der Waals surface area contributed by atoms with Crippen LogP contribution in [0.4, 0.5) is 0 Å². The Morgan fingerprint density at radius 2 is 2.25 bits per heavy atom. The van der Waals surface area contributed by atoms with Crippen molar-refractivity contribution in [3.63, 3.8) is 0 Å². The smallest absolute Gasteiger partial charge is 0.0599 e. The van der Waals surface area contributed by atoms with Crippen LogP contribution < -0.4 is 5.73 Å². The molecule has 3 unspecified atom stereocenters. The van der Waals surface area contributed by atoms with Crippen LogP contribution >= 0.6 is 0 Å². The first-order valence-corrected chi connectivity index (χ1v) is 6.68. The second-order valence-electron chi connectivity index (χ2n) is 5.16. The van der Waals surface area contributed by atoms with Crippen molar-refractivity contribution in [1.29, 1.82) is 0 Å². The molecule has 2 N–H and O–H groups in total. The van der Waals surface area contributed by atoms with Crippen molar-refractivity contribution in [1.82, 2.24) is 4.90 Å². The Morgan fingerprint density at radius 1 is 1.50 bits per heavy atom. The zero-order chi connectivity index (χ0) is 12.0. The third kappa shape index (κ3) is 4.04. The zero-order valence-electron chi connectivity index (χ0n) is 11.1. The Kier molecular flexibility index (Phi) is 6.32. The Morgan fingerprint density at radius 3 is 2.81 bits per heavy atom. The minimum Gasteiger partial charge on any atom is -0.381 e. The summed E-state index contributed by atoms with van der Waals surface area (Å²) in [6.07, 6.45) is 5.29. The average molecular weight is 228 g/mol. The van der Waals surface area contributed by atoms with Gasteiger partial charge in [-0.25, -0.2) is 0 Å².